The van der Waals surface area contributed by atoms with Crippen LogP contribution in [-0.2, 0) is 9.53 Å². The second-order valence-corrected chi connectivity index (χ2v) is 5.27. The second kappa shape index (κ2) is 6.89. The largest absolute Gasteiger partial charge is 0.476 e. The van der Waals surface area contributed by atoms with Crippen LogP contribution in [0, 0.1) is 0 Å². The van der Waals surface area contributed by atoms with Gasteiger partial charge in [0, 0.05) is 6.21 Å². The fourth-order valence-corrected chi connectivity index (χ4v) is 1.90. The van der Waals surface area contributed by atoms with E-state index in [4.69, 9.17) is 9.47 Å². The molecule has 0 bridgehead atoms. The molecular weight excluding hydrogens is 278 g/mol. The summed E-state index contributed by atoms with van der Waals surface area (Å²) in [6.07, 6.45) is 1.76. The summed E-state index contributed by atoms with van der Waals surface area (Å²) in [6.45, 7) is 3.34. The number of hydrogen-bond donors (Lipinski definition) is 0. The summed E-state index contributed by atoms with van der Waals surface area (Å²) in [5, 5.41) is 0. The van der Waals surface area contributed by atoms with E-state index in [-0.39, 0.29) is 0 Å². The van der Waals surface area contributed by atoms with Crippen LogP contribution in [0.5, 0.6) is 5.75 Å². The van der Waals surface area contributed by atoms with Gasteiger partial charge in [0.15, 0.2) is 5.60 Å². The van der Waals surface area contributed by atoms with Gasteiger partial charge in [-0.05, 0) is 43.7 Å². The van der Waals surface area contributed by atoms with Gasteiger partial charge in [-0.1, -0.05) is 30.3 Å². The number of benzene rings is 2. The van der Waals surface area contributed by atoms with Gasteiger partial charge in [0.25, 0.3) is 0 Å². The molecule has 22 heavy (non-hydrogen) atoms. The second-order valence-electron chi connectivity index (χ2n) is 5.27. The molecule has 0 radical (unpaired) electrons. The average molecular weight is 297 g/mol. The third kappa shape index (κ3) is 4.19. The molecule has 0 aromatic heterocycles. The summed E-state index contributed by atoms with van der Waals surface area (Å²) >= 11 is 0. The fraction of sp³-hybridized carbons (Fsp3) is 0.222. The molecule has 0 amide bonds. The molecular formula is C18H19NO3. The predicted octanol–water partition coefficient (Wildman–Crippen LogP) is 3.77. The van der Waals surface area contributed by atoms with Crippen LogP contribution in [0.4, 0.5) is 5.69 Å². The maximum absolute atomic E-state index is 11.7. The Hall–Kier alpha value is -2.62. The lowest BCUT2D eigenvalue weighted by Crippen LogP contribution is -2.39. The number of aliphatic imine (C=N–C) groups is 1. The highest BCUT2D eigenvalue weighted by Gasteiger charge is 2.30. The molecule has 0 aliphatic carbocycles. The van der Waals surface area contributed by atoms with Crippen molar-refractivity contribution in [3.63, 3.8) is 0 Å². The molecule has 4 nitrogen and oxygen atoms in total. The molecule has 0 heterocycles. The van der Waals surface area contributed by atoms with Crippen molar-refractivity contribution in [3.05, 3.63) is 60.2 Å². The van der Waals surface area contributed by atoms with E-state index in [1.807, 2.05) is 48.5 Å². The first-order chi connectivity index (χ1) is 10.5. The smallest absolute Gasteiger partial charge is 0.349 e. The number of methoxy groups -OCH3 is 1. The molecule has 0 saturated heterocycles. The first-order valence-electron chi connectivity index (χ1n) is 6.98. The van der Waals surface area contributed by atoms with Crippen LogP contribution in [0.25, 0.3) is 0 Å². The van der Waals surface area contributed by atoms with E-state index in [9.17, 15) is 4.79 Å². The van der Waals surface area contributed by atoms with Crippen LogP contribution in [0.15, 0.2) is 59.6 Å². The molecule has 4 heteroatoms. The predicted molar refractivity (Wildman–Crippen MR) is 86.9 cm³/mol. The van der Waals surface area contributed by atoms with Gasteiger partial charge in [-0.3, -0.25) is 4.99 Å². The number of para-hydroxylation sites is 1. The molecule has 0 aliphatic rings. The van der Waals surface area contributed by atoms with Crippen molar-refractivity contribution in [2.75, 3.05) is 7.11 Å². The Morgan fingerprint density at radius 2 is 1.82 bits per heavy atom. The number of nitrogens with zero attached hydrogens (tertiary/aromatic N) is 1. The van der Waals surface area contributed by atoms with E-state index in [0.717, 1.165) is 11.3 Å². The minimum atomic E-state index is -1.04. The number of carbonyl (C=O) groups is 1. The van der Waals surface area contributed by atoms with Gasteiger partial charge in [0.2, 0.25) is 0 Å². The van der Waals surface area contributed by atoms with Gasteiger partial charge >= 0.3 is 5.97 Å². The number of esters is 1. The van der Waals surface area contributed by atoms with Gasteiger partial charge < -0.3 is 9.47 Å². The number of ether oxygens (including phenoxy) is 2. The Bertz CT molecular complexity index is 663. The molecule has 0 spiro atoms. The van der Waals surface area contributed by atoms with Crippen LogP contribution < -0.4 is 4.74 Å². The van der Waals surface area contributed by atoms with Crippen molar-refractivity contribution in [3.8, 4) is 5.75 Å². The molecule has 2 aromatic carbocycles. The first kappa shape index (κ1) is 15.8. The summed E-state index contributed by atoms with van der Waals surface area (Å²) in [5.74, 6) is 0.170. The molecule has 114 valence electrons. The summed E-state index contributed by atoms with van der Waals surface area (Å²) in [5.41, 5.74) is 0.731. The zero-order valence-corrected chi connectivity index (χ0v) is 12.9. The van der Waals surface area contributed by atoms with Crippen LogP contribution in [0.1, 0.15) is 19.4 Å². The molecule has 0 unspecified atom stereocenters. The van der Waals surface area contributed by atoms with Crippen molar-refractivity contribution < 1.29 is 14.3 Å². The van der Waals surface area contributed by atoms with Crippen LogP contribution >= 0.6 is 0 Å². The third-order valence-electron chi connectivity index (χ3n) is 3.03. The first-order valence-corrected chi connectivity index (χ1v) is 6.98. The molecule has 0 atom stereocenters. The molecule has 2 rings (SSSR count). The maximum atomic E-state index is 11.7. The van der Waals surface area contributed by atoms with Gasteiger partial charge in [-0.25, -0.2) is 4.79 Å². The van der Waals surface area contributed by atoms with Crippen LogP contribution in [0.2, 0.25) is 0 Å². The summed E-state index contributed by atoms with van der Waals surface area (Å²) in [7, 11) is 1.34. The Balaban J connectivity index is 2.13. The minimum absolute atomic E-state index is 0.421. The number of carbonyl (C=O) groups excluding carboxylic acids is 1. The lowest BCUT2D eigenvalue weighted by atomic mass is 10.1. The SMILES string of the molecule is COC(=O)C(C)(C)Oc1cccc(C=Nc2ccccc2)c1. The van der Waals surface area contributed by atoms with E-state index in [1.54, 1.807) is 26.1 Å². The van der Waals surface area contributed by atoms with Gasteiger partial charge in [0.1, 0.15) is 5.75 Å². The Morgan fingerprint density at radius 3 is 2.50 bits per heavy atom. The van der Waals surface area contributed by atoms with Crippen LogP contribution in [-0.4, -0.2) is 24.9 Å². The van der Waals surface area contributed by atoms with E-state index in [2.05, 4.69) is 4.99 Å². The Morgan fingerprint density at radius 1 is 1.09 bits per heavy atom. The molecule has 2 aromatic rings. The lowest BCUT2D eigenvalue weighted by Gasteiger charge is -2.23. The van der Waals surface area contributed by atoms with Crippen molar-refractivity contribution in [2.45, 2.75) is 19.4 Å². The lowest BCUT2D eigenvalue weighted by molar-refractivity contribution is -0.156. The van der Waals surface area contributed by atoms with Crippen molar-refractivity contribution >= 4 is 17.9 Å². The van der Waals surface area contributed by atoms with E-state index in [0.29, 0.717) is 5.75 Å². The Kier molecular flexibility index (Phi) is 4.94. The van der Waals surface area contributed by atoms with E-state index < -0.39 is 11.6 Å². The summed E-state index contributed by atoms with van der Waals surface area (Å²) < 4.78 is 10.4. The minimum Gasteiger partial charge on any atom is -0.476 e. The summed E-state index contributed by atoms with van der Waals surface area (Å²) in [4.78, 5) is 16.1. The van der Waals surface area contributed by atoms with E-state index in [1.165, 1.54) is 7.11 Å². The fourth-order valence-electron chi connectivity index (χ4n) is 1.90. The van der Waals surface area contributed by atoms with E-state index >= 15 is 0 Å². The zero-order valence-electron chi connectivity index (χ0n) is 12.9. The Labute approximate surface area is 130 Å². The molecule has 0 aliphatic heterocycles. The highest BCUT2D eigenvalue weighted by molar-refractivity contribution is 5.83. The van der Waals surface area contributed by atoms with Crippen molar-refractivity contribution in [2.24, 2.45) is 4.99 Å². The topological polar surface area (TPSA) is 47.9 Å². The van der Waals surface area contributed by atoms with Gasteiger partial charge in [0.05, 0.1) is 12.8 Å². The van der Waals surface area contributed by atoms with Gasteiger partial charge in [-0.2, -0.15) is 0 Å². The quantitative estimate of drug-likeness (QED) is 0.623. The zero-order chi connectivity index (χ0) is 16.0. The molecule has 0 fully saturated rings. The third-order valence-corrected chi connectivity index (χ3v) is 3.03. The van der Waals surface area contributed by atoms with Crippen LogP contribution in [0.3, 0.4) is 0 Å². The van der Waals surface area contributed by atoms with Crippen molar-refractivity contribution in [1.82, 2.24) is 0 Å². The normalized spacial score (nSPS) is 11.4. The summed E-state index contributed by atoms with van der Waals surface area (Å²) in [6, 6.07) is 17.1. The monoisotopic (exact) mass is 297 g/mol. The van der Waals surface area contributed by atoms with Gasteiger partial charge in [-0.15, -0.1) is 0 Å². The number of rotatable bonds is 5. The number of hydrogen-bond acceptors (Lipinski definition) is 4. The standard InChI is InChI=1S/C18H19NO3/c1-18(2,17(20)21-3)22-16-11-7-8-14(12-16)13-19-15-9-5-4-6-10-15/h4-13H,1-3H3. The maximum Gasteiger partial charge on any atom is 0.349 e. The van der Waals surface area contributed by atoms with Crippen molar-refractivity contribution in [1.29, 1.82) is 0 Å². The highest BCUT2D eigenvalue weighted by atomic mass is 16.6. The highest BCUT2D eigenvalue weighted by Crippen LogP contribution is 2.20. The molecule has 0 N–H and O–H groups in total. The average Bonchev–Trinajstić information content (AvgIpc) is 2.53. The molecule has 0 saturated carbocycles.